The molecule has 5 N–H and O–H groups in total. The zero-order valence-electron chi connectivity index (χ0n) is 16.8. The molecule has 0 radical (unpaired) electrons. The van der Waals surface area contributed by atoms with Crippen LogP contribution in [0.15, 0.2) is 78.9 Å². The van der Waals surface area contributed by atoms with Gasteiger partial charge in [-0.15, -0.1) is 0 Å². The molecule has 8 nitrogen and oxygen atoms in total. The van der Waals surface area contributed by atoms with Crippen LogP contribution < -0.4 is 10.5 Å². The summed E-state index contributed by atoms with van der Waals surface area (Å²) in [6, 6.07) is 23.2. The number of aromatic carboxylic acids is 1. The van der Waals surface area contributed by atoms with Crippen molar-refractivity contribution in [3.63, 3.8) is 0 Å². The quantitative estimate of drug-likeness (QED) is 0.317. The first-order valence-corrected chi connectivity index (χ1v) is 10.8. The van der Waals surface area contributed by atoms with Crippen molar-refractivity contribution in [2.45, 2.75) is 6.42 Å². The van der Waals surface area contributed by atoms with Crippen LogP contribution in [0.5, 0.6) is 0 Å². The minimum atomic E-state index is -2.14. The number of carboxylic acid groups (broad SMARTS) is 1. The Morgan fingerprint density at radius 2 is 1.75 bits per heavy atom. The summed E-state index contributed by atoms with van der Waals surface area (Å²) in [6.07, 6.45) is 0.469. The third-order valence-electron chi connectivity index (χ3n) is 4.95. The summed E-state index contributed by atoms with van der Waals surface area (Å²) in [5, 5.41) is 14.1. The Bertz CT molecular complexity index is 1290. The molecule has 4 rings (SSSR count). The lowest BCUT2D eigenvalue weighted by Crippen LogP contribution is -2.05. The van der Waals surface area contributed by atoms with Gasteiger partial charge >= 0.3 is 5.97 Å². The number of hydrogen-bond donors (Lipinski definition) is 4. The smallest absolute Gasteiger partial charge is 0.335 e. The van der Waals surface area contributed by atoms with Crippen molar-refractivity contribution >= 4 is 28.7 Å². The lowest BCUT2D eigenvalue weighted by atomic mass is 10.0. The van der Waals surface area contributed by atoms with Gasteiger partial charge < -0.3 is 10.8 Å². The highest BCUT2D eigenvalue weighted by Crippen LogP contribution is 2.31. The Morgan fingerprint density at radius 3 is 2.41 bits per heavy atom. The molecule has 0 amide bonds. The number of anilines is 2. The van der Waals surface area contributed by atoms with Crippen molar-refractivity contribution in [2.24, 2.45) is 0 Å². The fraction of sp³-hybridized carbons (Fsp3) is 0.0435. The van der Waals surface area contributed by atoms with Crippen LogP contribution in [0.2, 0.25) is 0 Å². The topological polar surface area (TPSA) is 130 Å². The molecule has 4 aromatic rings. The number of carboxylic acids is 1. The number of hydrogen-bond acceptors (Lipinski definition) is 4. The summed E-state index contributed by atoms with van der Waals surface area (Å²) in [6.45, 7) is 0. The van der Waals surface area contributed by atoms with Crippen LogP contribution in [0.1, 0.15) is 21.5 Å². The molecule has 9 heteroatoms. The minimum absolute atomic E-state index is 0.143. The van der Waals surface area contributed by atoms with Crippen molar-refractivity contribution in [3.05, 3.63) is 95.6 Å². The third-order valence-corrected chi connectivity index (χ3v) is 5.36. The first-order valence-electron chi connectivity index (χ1n) is 9.65. The summed E-state index contributed by atoms with van der Waals surface area (Å²) in [5.41, 5.74) is 11.0. The van der Waals surface area contributed by atoms with Gasteiger partial charge in [-0.05, 0) is 35.9 Å². The average molecular weight is 449 g/mol. The molecule has 162 valence electrons. The van der Waals surface area contributed by atoms with Gasteiger partial charge in [-0.3, -0.25) is 9.27 Å². The molecule has 0 aliphatic heterocycles. The fourth-order valence-corrected chi connectivity index (χ4v) is 3.77. The zero-order valence-corrected chi connectivity index (χ0v) is 17.6. The van der Waals surface area contributed by atoms with E-state index in [1.165, 1.54) is 12.1 Å². The highest BCUT2D eigenvalue weighted by molar-refractivity contribution is 7.80. The van der Waals surface area contributed by atoms with E-state index < -0.39 is 17.2 Å². The van der Waals surface area contributed by atoms with Gasteiger partial charge in [-0.1, -0.05) is 48.5 Å². The summed E-state index contributed by atoms with van der Waals surface area (Å²) in [7, 11) is 0. The highest BCUT2D eigenvalue weighted by atomic mass is 32.2. The Morgan fingerprint density at radius 1 is 1.03 bits per heavy atom. The van der Waals surface area contributed by atoms with Crippen LogP contribution >= 0.6 is 0 Å². The van der Waals surface area contributed by atoms with E-state index in [1.807, 2.05) is 42.5 Å². The van der Waals surface area contributed by atoms with Crippen molar-refractivity contribution in [3.8, 4) is 16.9 Å². The number of benzene rings is 3. The standard InChI is InChI=1S/C23H20N4O4S/c24-22-20(13-15-9-11-18(12-10-15)26-32(30)31)21(16-5-2-1-3-6-16)25-27(22)19-8-4-7-17(14-19)23(28)29/h1-12,14,26H,13,24H2,(H,28,29)(H,30,31). The predicted octanol–water partition coefficient (Wildman–Crippen LogP) is 3.96. The second kappa shape index (κ2) is 9.04. The summed E-state index contributed by atoms with van der Waals surface area (Å²) >= 11 is -2.14. The number of aromatic nitrogens is 2. The third kappa shape index (κ3) is 4.53. The van der Waals surface area contributed by atoms with Crippen molar-refractivity contribution in [1.29, 1.82) is 0 Å². The van der Waals surface area contributed by atoms with E-state index >= 15 is 0 Å². The Balaban J connectivity index is 1.78. The van der Waals surface area contributed by atoms with Gasteiger partial charge in [0, 0.05) is 23.2 Å². The van der Waals surface area contributed by atoms with E-state index in [2.05, 4.69) is 4.72 Å². The first kappa shape index (κ1) is 21.3. The van der Waals surface area contributed by atoms with Crippen LogP contribution in [-0.2, 0) is 17.7 Å². The number of nitrogens with zero attached hydrogens (tertiary/aromatic N) is 2. The Kier molecular flexibility index (Phi) is 6.02. The normalized spacial score (nSPS) is 11.8. The van der Waals surface area contributed by atoms with E-state index in [9.17, 15) is 14.1 Å². The van der Waals surface area contributed by atoms with Crippen LogP contribution in [0.4, 0.5) is 11.5 Å². The average Bonchev–Trinajstić information content (AvgIpc) is 3.11. The maximum atomic E-state index is 11.4. The summed E-state index contributed by atoms with van der Waals surface area (Å²) in [5.74, 6) is -0.622. The molecular formula is C23H20N4O4S. The first-order chi connectivity index (χ1) is 15.4. The number of nitrogens with two attached hydrogens (primary N) is 1. The molecule has 0 bridgehead atoms. The second-order valence-electron chi connectivity index (χ2n) is 7.07. The lowest BCUT2D eigenvalue weighted by molar-refractivity contribution is 0.0697. The molecular weight excluding hydrogens is 428 g/mol. The Labute approximate surface area is 186 Å². The number of nitrogens with one attached hydrogen (secondary N) is 1. The number of rotatable bonds is 7. The van der Waals surface area contributed by atoms with E-state index in [0.717, 1.165) is 16.7 Å². The van der Waals surface area contributed by atoms with Gasteiger partial charge in [-0.25, -0.2) is 13.7 Å². The largest absolute Gasteiger partial charge is 0.478 e. The molecule has 1 atom stereocenters. The molecule has 3 aromatic carbocycles. The molecule has 1 heterocycles. The summed E-state index contributed by atoms with van der Waals surface area (Å²) < 4.78 is 23.9. The number of nitrogen functional groups attached to an aromatic ring is 1. The molecule has 1 unspecified atom stereocenters. The van der Waals surface area contributed by atoms with Crippen LogP contribution in [0, 0.1) is 0 Å². The zero-order chi connectivity index (χ0) is 22.7. The molecule has 0 saturated carbocycles. The van der Waals surface area contributed by atoms with E-state index in [0.29, 0.717) is 29.3 Å². The second-order valence-corrected chi connectivity index (χ2v) is 7.77. The van der Waals surface area contributed by atoms with Gasteiger partial charge in [0.25, 0.3) is 11.3 Å². The van der Waals surface area contributed by atoms with Gasteiger partial charge in [0.05, 0.1) is 16.9 Å². The molecule has 0 aliphatic rings. The Hall–Kier alpha value is -3.95. The van der Waals surface area contributed by atoms with Gasteiger partial charge in [0.1, 0.15) is 5.82 Å². The van der Waals surface area contributed by atoms with Crippen LogP contribution in [0.3, 0.4) is 0 Å². The van der Waals surface area contributed by atoms with Crippen LogP contribution in [-0.4, -0.2) is 29.6 Å². The lowest BCUT2D eigenvalue weighted by Gasteiger charge is -2.07. The molecule has 0 aliphatic carbocycles. The molecule has 32 heavy (non-hydrogen) atoms. The van der Waals surface area contributed by atoms with Crippen LogP contribution in [0.25, 0.3) is 16.9 Å². The van der Waals surface area contributed by atoms with E-state index in [1.54, 1.807) is 28.9 Å². The minimum Gasteiger partial charge on any atom is -0.478 e. The highest BCUT2D eigenvalue weighted by Gasteiger charge is 2.19. The maximum Gasteiger partial charge on any atom is 0.335 e. The molecule has 0 fully saturated rings. The molecule has 0 spiro atoms. The van der Waals surface area contributed by atoms with E-state index in [4.69, 9.17) is 15.4 Å². The van der Waals surface area contributed by atoms with Gasteiger partial charge in [0.15, 0.2) is 0 Å². The van der Waals surface area contributed by atoms with Crippen molar-refractivity contribution in [2.75, 3.05) is 10.5 Å². The SMILES string of the molecule is Nc1c(Cc2ccc(NS(=O)O)cc2)c(-c2ccccc2)nn1-c1cccc(C(=O)O)c1. The summed E-state index contributed by atoms with van der Waals surface area (Å²) in [4.78, 5) is 11.4. The van der Waals surface area contributed by atoms with Gasteiger partial charge in [0.2, 0.25) is 0 Å². The van der Waals surface area contributed by atoms with Crippen molar-refractivity contribution in [1.82, 2.24) is 9.78 Å². The van der Waals surface area contributed by atoms with Crippen molar-refractivity contribution < 1.29 is 18.7 Å². The van der Waals surface area contributed by atoms with E-state index in [-0.39, 0.29) is 5.56 Å². The maximum absolute atomic E-state index is 11.4. The fourth-order valence-electron chi connectivity index (χ4n) is 3.43. The molecule has 0 saturated heterocycles. The molecule has 1 aromatic heterocycles. The number of carbonyl (C=O) groups is 1. The predicted molar refractivity (Wildman–Crippen MR) is 124 cm³/mol. The monoisotopic (exact) mass is 448 g/mol. The van der Waals surface area contributed by atoms with Gasteiger partial charge in [-0.2, -0.15) is 5.10 Å².